The number of hydrogen-bond acceptors (Lipinski definition) is 3. The first-order chi connectivity index (χ1) is 11.3. The van der Waals surface area contributed by atoms with Gasteiger partial charge in [-0.05, 0) is 17.4 Å². The molecule has 1 heterocycles. The molecule has 116 valence electrons. The minimum atomic E-state index is -0.0425. The Morgan fingerprint density at radius 1 is 0.913 bits per heavy atom. The molecule has 0 saturated carbocycles. The van der Waals surface area contributed by atoms with Crippen LogP contribution in [0.1, 0.15) is 22.4 Å². The van der Waals surface area contributed by atoms with Crippen molar-refractivity contribution in [2.24, 2.45) is 0 Å². The van der Waals surface area contributed by atoms with E-state index in [1.54, 1.807) is 0 Å². The van der Waals surface area contributed by atoms with Gasteiger partial charge in [0.15, 0.2) is 5.16 Å². The SMILES string of the molecule is CSc1nc(Cc2ccccc2)c(Cc2ccccc2)c(=O)[nH]1. The van der Waals surface area contributed by atoms with Crippen LogP contribution in [0.3, 0.4) is 0 Å². The van der Waals surface area contributed by atoms with Crippen LogP contribution >= 0.6 is 11.8 Å². The van der Waals surface area contributed by atoms with Gasteiger partial charge in [-0.1, -0.05) is 72.4 Å². The van der Waals surface area contributed by atoms with Gasteiger partial charge < -0.3 is 4.98 Å². The molecule has 3 nitrogen and oxygen atoms in total. The molecule has 0 spiro atoms. The van der Waals surface area contributed by atoms with E-state index in [9.17, 15) is 4.79 Å². The van der Waals surface area contributed by atoms with Gasteiger partial charge in [0.2, 0.25) is 0 Å². The Morgan fingerprint density at radius 3 is 2.04 bits per heavy atom. The maximum Gasteiger partial charge on any atom is 0.255 e. The van der Waals surface area contributed by atoms with E-state index in [-0.39, 0.29) is 5.56 Å². The summed E-state index contributed by atoms with van der Waals surface area (Å²) in [6, 6.07) is 20.2. The number of nitrogens with one attached hydrogen (secondary N) is 1. The molecule has 1 N–H and O–H groups in total. The van der Waals surface area contributed by atoms with Crippen LogP contribution in [0, 0.1) is 0 Å². The summed E-state index contributed by atoms with van der Waals surface area (Å²) in [7, 11) is 0. The first kappa shape index (κ1) is 15.6. The quantitative estimate of drug-likeness (QED) is 0.576. The van der Waals surface area contributed by atoms with Gasteiger partial charge >= 0.3 is 0 Å². The molecule has 0 amide bonds. The summed E-state index contributed by atoms with van der Waals surface area (Å²) in [5.74, 6) is 0. The number of nitrogens with zero attached hydrogens (tertiary/aromatic N) is 1. The van der Waals surface area contributed by atoms with E-state index in [0.717, 1.165) is 22.4 Å². The second-order valence-electron chi connectivity index (χ2n) is 5.33. The Morgan fingerprint density at radius 2 is 1.48 bits per heavy atom. The largest absolute Gasteiger partial charge is 0.301 e. The van der Waals surface area contributed by atoms with E-state index in [2.05, 4.69) is 22.1 Å². The van der Waals surface area contributed by atoms with Crippen LogP contribution in [0.25, 0.3) is 0 Å². The Kier molecular flexibility index (Phi) is 4.93. The van der Waals surface area contributed by atoms with Crippen LogP contribution in [-0.2, 0) is 12.8 Å². The topological polar surface area (TPSA) is 45.8 Å². The zero-order valence-corrected chi connectivity index (χ0v) is 13.8. The van der Waals surface area contributed by atoms with Crippen LogP contribution in [0.15, 0.2) is 70.6 Å². The second kappa shape index (κ2) is 7.29. The molecule has 2 aromatic carbocycles. The molecule has 23 heavy (non-hydrogen) atoms. The van der Waals surface area contributed by atoms with Gasteiger partial charge in [-0.2, -0.15) is 0 Å². The number of aromatic nitrogens is 2. The molecule has 0 atom stereocenters. The Labute approximate surface area is 139 Å². The highest BCUT2D eigenvalue weighted by atomic mass is 32.2. The average molecular weight is 322 g/mol. The number of H-pyrrole nitrogens is 1. The van der Waals surface area contributed by atoms with E-state index >= 15 is 0 Å². The van der Waals surface area contributed by atoms with Gasteiger partial charge in [0.25, 0.3) is 5.56 Å². The fourth-order valence-electron chi connectivity index (χ4n) is 2.54. The lowest BCUT2D eigenvalue weighted by molar-refractivity contribution is 0.843. The van der Waals surface area contributed by atoms with Crippen molar-refractivity contribution >= 4 is 11.8 Å². The van der Waals surface area contributed by atoms with E-state index < -0.39 is 0 Å². The first-order valence-electron chi connectivity index (χ1n) is 7.50. The van der Waals surface area contributed by atoms with Gasteiger partial charge in [0, 0.05) is 18.4 Å². The molecule has 0 fully saturated rings. The van der Waals surface area contributed by atoms with Gasteiger partial charge in [-0.15, -0.1) is 0 Å². The predicted octanol–water partition coefficient (Wildman–Crippen LogP) is 3.67. The minimum Gasteiger partial charge on any atom is -0.301 e. The number of thioether (sulfide) groups is 1. The van der Waals surface area contributed by atoms with E-state index in [1.165, 1.54) is 11.8 Å². The third-order valence-electron chi connectivity index (χ3n) is 3.71. The zero-order chi connectivity index (χ0) is 16.1. The molecule has 0 aliphatic heterocycles. The summed E-state index contributed by atoms with van der Waals surface area (Å²) in [5.41, 5.74) is 3.84. The zero-order valence-electron chi connectivity index (χ0n) is 13.0. The first-order valence-corrected chi connectivity index (χ1v) is 8.72. The Balaban J connectivity index is 2.01. The lowest BCUT2D eigenvalue weighted by Gasteiger charge is -2.10. The lowest BCUT2D eigenvalue weighted by atomic mass is 10.0. The van der Waals surface area contributed by atoms with Crippen molar-refractivity contribution in [1.82, 2.24) is 9.97 Å². The maximum atomic E-state index is 12.5. The summed E-state index contributed by atoms with van der Waals surface area (Å²) >= 11 is 1.46. The number of rotatable bonds is 5. The van der Waals surface area contributed by atoms with Crippen molar-refractivity contribution < 1.29 is 0 Å². The highest BCUT2D eigenvalue weighted by Gasteiger charge is 2.12. The fraction of sp³-hybridized carbons (Fsp3) is 0.158. The van der Waals surface area contributed by atoms with Crippen molar-refractivity contribution in [2.75, 3.05) is 6.26 Å². The van der Waals surface area contributed by atoms with Crippen molar-refractivity contribution in [3.63, 3.8) is 0 Å². The average Bonchev–Trinajstić information content (AvgIpc) is 2.59. The van der Waals surface area contributed by atoms with Crippen molar-refractivity contribution in [1.29, 1.82) is 0 Å². The normalized spacial score (nSPS) is 10.7. The van der Waals surface area contributed by atoms with Crippen molar-refractivity contribution in [3.05, 3.63) is 93.4 Å². The molecule has 0 aliphatic carbocycles. The summed E-state index contributed by atoms with van der Waals surface area (Å²) < 4.78 is 0. The molecule has 3 rings (SSSR count). The summed E-state index contributed by atoms with van der Waals surface area (Å²) in [6.45, 7) is 0. The number of hydrogen-bond donors (Lipinski definition) is 1. The maximum absolute atomic E-state index is 12.5. The molecule has 0 unspecified atom stereocenters. The molecule has 0 aliphatic rings. The molecule has 0 saturated heterocycles. The monoisotopic (exact) mass is 322 g/mol. The Hall–Kier alpha value is -2.33. The van der Waals surface area contributed by atoms with Gasteiger partial charge in [-0.25, -0.2) is 4.98 Å². The molecule has 0 bridgehead atoms. The highest BCUT2D eigenvalue weighted by Crippen LogP contribution is 2.16. The molecule has 3 aromatic rings. The van der Waals surface area contributed by atoms with Gasteiger partial charge in [0.1, 0.15) is 0 Å². The number of benzene rings is 2. The van der Waals surface area contributed by atoms with Crippen LogP contribution in [0.2, 0.25) is 0 Å². The highest BCUT2D eigenvalue weighted by molar-refractivity contribution is 7.98. The summed E-state index contributed by atoms with van der Waals surface area (Å²) in [4.78, 5) is 20.0. The molecule has 4 heteroatoms. The second-order valence-corrected chi connectivity index (χ2v) is 6.12. The van der Waals surface area contributed by atoms with Gasteiger partial charge in [0.05, 0.1) is 5.69 Å². The fourth-order valence-corrected chi connectivity index (χ4v) is 2.93. The van der Waals surface area contributed by atoms with E-state index in [1.807, 2.05) is 54.8 Å². The van der Waals surface area contributed by atoms with E-state index in [4.69, 9.17) is 0 Å². The summed E-state index contributed by atoms with van der Waals surface area (Å²) in [6.07, 6.45) is 3.18. The lowest BCUT2D eigenvalue weighted by Crippen LogP contribution is -2.19. The van der Waals surface area contributed by atoms with Crippen LogP contribution in [0.5, 0.6) is 0 Å². The molecule has 0 radical (unpaired) electrons. The van der Waals surface area contributed by atoms with Crippen molar-refractivity contribution in [2.45, 2.75) is 18.0 Å². The van der Waals surface area contributed by atoms with Crippen LogP contribution in [-0.4, -0.2) is 16.2 Å². The van der Waals surface area contributed by atoms with E-state index in [0.29, 0.717) is 18.0 Å². The third kappa shape index (κ3) is 3.90. The molecule has 1 aromatic heterocycles. The summed E-state index contributed by atoms with van der Waals surface area (Å²) in [5, 5.41) is 0.665. The van der Waals surface area contributed by atoms with Crippen LogP contribution < -0.4 is 5.56 Å². The third-order valence-corrected chi connectivity index (χ3v) is 4.29. The number of aromatic amines is 1. The predicted molar refractivity (Wildman–Crippen MR) is 95.1 cm³/mol. The standard InChI is InChI=1S/C19H18N2OS/c1-23-19-20-17(13-15-10-6-3-7-11-15)16(18(22)21-19)12-14-8-4-2-5-9-14/h2-11H,12-13H2,1H3,(H,20,21,22). The van der Waals surface area contributed by atoms with Crippen molar-refractivity contribution in [3.8, 4) is 0 Å². The smallest absolute Gasteiger partial charge is 0.255 e. The Bertz CT molecular complexity index is 829. The minimum absolute atomic E-state index is 0.0425. The van der Waals surface area contributed by atoms with Gasteiger partial charge in [-0.3, -0.25) is 4.79 Å². The molecular formula is C19H18N2OS. The van der Waals surface area contributed by atoms with Crippen LogP contribution in [0.4, 0.5) is 0 Å². The molecular weight excluding hydrogens is 304 g/mol.